The van der Waals surface area contributed by atoms with Gasteiger partial charge < -0.3 is 96.3 Å². The highest BCUT2D eigenvalue weighted by Crippen LogP contribution is 2.43. The maximum absolute atomic E-state index is 14.8. The Morgan fingerprint density at radius 2 is 1.03 bits per heavy atom. The van der Waals surface area contributed by atoms with Crippen LogP contribution in [0.4, 0.5) is 0 Å². The van der Waals surface area contributed by atoms with E-state index in [-0.39, 0.29) is 38.6 Å². The summed E-state index contributed by atoms with van der Waals surface area (Å²) in [5.74, 6) is -5.36. The number of rotatable bonds is 30. The third-order valence-electron chi connectivity index (χ3n) is 18.1. The minimum atomic E-state index is -2.73. The lowest BCUT2D eigenvalue weighted by molar-refractivity contribution is -0.398. The van der Waals surface area contributed by atoms with Crippen LogP contribution in [0.5, 0.6) is 0 Å². The molecule has 5 saturated heterocycles. The maximum Gasteiger partial charge on any atom is 0.338 e. The largest absolute Gasteiger partial charge is 0.462 e. The molecule has 3 N–H and O–H groups in total. The monoisotopic (exact) mass is 1530 g/mol. The molecule has 5 aromatic rings. The summed E-state index contributed by atoms with van der Waals surface area (Å²) in [6, 6.07) is 42.2. The summed E-state index contributed by atoms with van der Waals surface area (Å²) in [5, 5.41) is 18.3. The zero-order valence-electron chi connectivity index (χ0n) is 60.1. The highest BCUT2D eigenvalue weighted by Gasteiger charge is 2.61. The highest BCUT2D eigenvalue weighted by molar-refractivity contribution is 6.76. The van der Waals surface area contributed by atoms with Gasteiger partial charge in [0.05, 0.1) is 43.5 Å². The van der Waals surface area contributed by atoms with Crippen molar-refractivity contribution in [2.24, 2.45) is 5.41 Å². The number of nitrogens with one attached hydrogen (secondary N) is 2. The predicted molar refractivity (Wildman–Crippen MR) is 380 cm³/mol. The SMILES string of the molecule is CCCCCO[C@@H]1O[C@H](COC(=O)c2ccccc2)[C@@H](O[C@@H]2O[C@H](COC(=O)C(C)(C)C)[C@H](OC(C)=O)[C@H](O[C@@H]3O[C@@H]4COC(c5ccccc5)O[C@H]4[C@H](O[C@H]4O[C@@H](C)[C@@H](OCc5ccccc5)[C@@H](OCc5ccccc5)[C@@H]4OCc4ccccc4)[C@H]3NC(=O)C(Cl)(Cl)Cl)[C@H]2OC(C)=O)[C@H](O)[C@H]1NC(C)=O. The van der Waals surface area contributed by atoms with Crippen LogP contribution in [0.3, 0.4) is 0 Å². The van der Waals surface area contributed by atoms with Gasteiger partial charge in [0.1, 0.15) is 92.4 Å². The fraction of sp³-hybridized carbons (Fsp3) is 0.532. The number of carbonyl (C=O) groups excluding carboxylic acids is 6. The zero-order valence-corrected chi connectivity index (χ0v) is 62.4. The smallest absolute Gasteiger partial charge is 0.338 e. The number of aliphatic hydroxyl groups excluding tert-OH is 1. The van der Waals surface area contributed by atoms with E-state index in [2.05, 4.69) is 10.6 Å². The van der Waals surface area contributed by atoms with Gasteiger partial charge in [0.25, 0.3) is 9.70 Å². The van der Waals surface area contributed by atoms with Crippen molar-refractivity contribution in [3.63, 3.8) is 0 Å². The van der Waals surface area contributed by atoms with E-state index < -0.39 is 187 Å². The summed E-state index contributed by atoms with van der Waals surface area (Å²) in [4.78, 5) is 83.2. The van der Waals surface area contributed by atoms with Crippen LogP contribution in [-0.4, -0.2) is 194 Å². The average molecular weight is 1540 g/mol. The molecule has 26 nitrogen and oxygen atoms in total. The minimum absolute atomic E-state index is 0.0156. The van der Waals surface area contributed by atoms with Crippen LogP contribution in [-0.2, 0) is 124 Å². The van der Waals surface area contributed by atoms with Gasteiger partial charge in [-0.25, -0.2) is 4.79 Å². The number of amides is 2. The first kappa shape index (κ1) is 81.7. The molecule has 5 heterocycles. The molecule has 0 radical (unpaired) electrons. The summed E-state index contributed by atoms with van der Waals surface area (Å²) in [7, 11) is 0. The Kier molecular flexibility index (Phi) is 29.7. The van der Waals surface area contributed by atoms with Gasteiger partial charge >= 0.3 is 23.9 Å². The molecular formula is C77H93Cl3N2O24. The van der Waals surface area contributed by atoms with Crippen LogP contribution in [0.2, 0.25) is 0 Å². The van der Waals surface area contributed by atoms with Gasteiger partial charge in [0.2, 0.25) is 5.91 Å². The molecule has 1 unspecified atom stereocenters. The number of fused-ring (bicyclic) bond motifs is 1. The molecule has 29 heteroatoms. The number of unbranched alkanes of at least 4 members (excludes halogenated alkanes) is 2. The molecule has 5 aliphatic rings. The molecule has 0 aliphatic carbocycles. The van der Waals surface area contributed by atoms with E-state index in [0.29, 0.717) is 12.0 Å². The fourth-order valence-corrected chi connectivity index (χ4v) is 13.0. The summed E-state index contributed by atoms with van der Waals surface area (Å²) in [6.45, 7) is 10.6. The van der Waals surface area contributed by atoms with Gasteiger partial charge in [0, 0.05) is 32.9 Å². The second-order valence-electron chi connectivity index (χ2n) is 27.4. The topological polar surface area (TPSA) is 304 Å². The van der Waals surface area contributed by atoms with Crippen LogP contribution in [0.1, 0.15) is 114 Å². The molecular weight excluding hydrogens is 1440 g/mol. The number of ether oxygens (including phenoxy) is 17. The first-order valence-corrected chi connectivity index (χ1v) is 36.5. The molecule has 5 fully saturated rings. The van der Waals surface area contributed by atoms with Crippen molar-refractivity contribution in [3.05, 3.63) is 179 Å². The molecule has 2 amide bonds. The number of alkyl halides is 3. The van der Waals surface area contributed by atoms with E-state index in [1.165, 1.54) is 19.1 Å². The van der Waals surface area contributed by atoms with Crippen molar-refractivity contribution in [1.29, 1.82) is 0 Å². The van der Waals surface area contributed by atoms with Crippen molar-refractivity contribution in [3.8, 4) is 0 Å². The molecule has 5 aliphatic heterocycles. The van der Waals surface area contributed by atoms with E-state index in [0.717, 1.165) is 43.4 Å². The average Bonchev–Trinajstić information content (AvgIpc) is 0.755. The van der Waals surface area contributed by atoms with Crippen molar-refractivity contribution < 1.29 is 114 Å². The molecule has 0 saturated carbocycles. The van der Waals surface area contributed by atoms with Crippen LogP contribution in [0, 0.1) is 5.41 Å². The van der Waals surface area contributed by atoms with E-state index in [1.54, 1.807) is 70.2 Å². The lowest BCUT2D eigenvalue weighted by atomic mass is 9.93. The Labute approximate surface area is 630 Å². The number of hydrogen-bond acceptors (Lipinski definition) is 24. The third-order valence-corrected chi connectivity index (χ3v) is 18.6. The first-order chi connectivity index (χ1) is 50.8. The summed E-state index contributed by atoms with van der Waals surface area (Å²) in [5.41, 5.74) is 2.05. The molecule has 10 rings (SSSR count). The Hall–Kier alpha value is -6.77. The maximum atomic E-state index is 14.8. The van der Waals surface area contributed by atoms with Gasteiger partial charge in [-0.1, -0.05) is 194 Å². The molecule has 0 spiro atoms. The highest BCUT2D eigenvalue weighted by atomic mass is 35.6. The van der Waals surface area contributed by atoms with Crippen molar-refractivity contribution in [1.82, 2.24) is 10.6 Å². The Morgan fingerprint density at radius 3 is 1.59 bits per heavy atom. The van der Waals surface area contributed by atoms with Gasteiger partial charge in [-0.3, -0.25) is 24.0 Å². The van der Waals surface area contributed by atoms with Crippen LogP contribution < -0.4 is 10.6 Å². The molecule has 0 bridgehead atoms. The lowest BCUT2D eigenvalue weighted by Crippen LogP contribution is -2.72. The third kappa shape index (κ3) is 22.2. The second-order valence-corrected chi connectivity index (χ2v) is 29.6. The van der Waals surface area contributed by atoms with E-state index in [1.807, 2.05) is 104 Å². The van der Waals surface area contributed by atoms with Crippen molar-refractivity contribution in [2.45, 2.75) is 227 Å². The van der Waals surface area contributed by atoms with Gasteiger partial charge in [0.15, 0.2) is 43.7 Å². The van der Waals surface area contributed by atoms with Crippen LogP contribution in [0.15, 0.2) is 152 Å². The number of aliphatic hydroxyl groups is 1. The molecule has 0 aromatic heterocycles. The van der Waals surface area contributed by atoms with Crippen LogP contribution >= 0.6 is 34.8 Å². The van der Waals surface area contributed by atoms with E-state index in [9.17, 15) is 33.9 Å². The number of esters is 4. The lowest BCUT2D eigenvalue weighted by Gasteiger charge is -2.53. The zero-order chi connectivity index (χ0) is 75.7. The van der Waals surface area contributed by atoms with Crippen LogP contribution in [0.25, 0.3) is 0 Å². The van der Waals surface area contributed by atoms with E-state index in [4.69, 9.17) is 115 Å². The Morgan fingerprint density at radius 1 is 0.519 bits per heavy atom. The quantitative estimate of drug-likeness (QED) is 0.0167. The fourth-order valence-electron chi connectivity index (χ4n) is 12.9. The number of carbonyl (C=O) groups is 6. The van der Waals surface area contributed by atoms with Crippen molar-refractivity contribution >= 4 is 70.5 Å². The molecule has 21 atom stereocenters. The standard InChI is InChI=1S/C77H93Cl3N2O24/c1-9-10-26-37-90-70-56(81-45(3)83)58(86)60(53(100-70)41-94-68(87)51-33-22-14-23-34-51)103-73-67(99-47(5)85)65(62(98-46(4)84)55(102-73)43-96-75(89)76(6,7)8)106-71-57(82-74(88)77(78,79)80)63(61-54(101-71)42-95-69(104-61)52-35-24-15-25-36-52)105-72-66(93-40-50-31-20-13-21-32-50)64(92-39-49-29-18-12-19-30-49)59(44(2)97-72)91-38-48-27-16-11-17-28-48/h11-25,27-36,44,53-67,69-73,86H,9-10,26,37-43H2,1-8H3,(H,81,83)(H,82,88)/t44-,53+,54+,55+,56+,57+,58+,59+,60+,61+,62-,63+,64+,65-,66-,67+,69?,70+,71-,72+,73-/m0/s1. The Bertz CT molecular complexity index is 3610. The van der Waals surface area contributed by atoms with Gasteiger partial charge in [-0.15, -0.1) is 0 Å². The normalized spacial score (nSPS) is 30.4. The van der Waals surface area contributed by atoms with Crippen molar-refractivity contribution in [2.75, 3.05) is 26.4 Å². The first-order valence-electron chi connectivity index (χ1n) is 35.4. The molecule has 5 aromatic carbocycles. The van der Waals surface area contributed by atoms with E-state index >= 15 is 0 Å². The number of benzene rings is 5. The molecule has 106 heavy (non-hydrogen) atoms. The second kappa shape index (κ2) is 38.5. The van der Waals surface area contributed by atoms with Gasteiger partial charge in [-0.05, 0) is 62.9 Å². The minimum Gasteiger partial charge on any atom is -0.462 e. The summed E-state index contributed by atoms with van der Waals surface area (Å²) < 4.78 is 110. The molecule has 576 valence electrons. The predicted octanol–water partition coefficient (Wildman–Crippen LogP) is 9.17. The number of hydrogen-bond donors (Lipinski definition) is 3. The Balaban J connectivity index is 1.10. The van der Waals surface area contributed by atoms with Gasteiger partial charge in [-0.2, -0.15) is 0 Å². The summed E-state index contributed by atoms with van der Waals surface area (Å²) >= 11 is 19.5. The number of halogens is 3. The summed E-state index contributed by atoms with van der Waals surface area (Å²) in [6.07, 6.45) is -26.3.